The number of hydrogen-bond donors (Lipinski definition) is 1. The van der Waals surface area contributed by atoms with Crippen LogP contribution in [0.5, 0.6) is 0 Å². The van der Waals surface area contributed by atoms with Crippen molar-refractivity contribution in [1.29, 1.82) is 0 Å². The predicted molar refractivity (Wildman–Crippen MR) is 124 cm³/mol. The summed E-state index contributed by atoms with van der Waals surface area (Å²) in [4.78, 5) is 20.5. The van der Waals surface area contributed by atoms with E-state index in [0.717, 1.165) is 26.9 Å². The lowest BCUT2D eigenvalue weighted by atomic mass is 10.2. The lowest BCUT2D eigenvalue weighted by Crippen LogP contribution is -2.54. The Hall–Kier alpha value is -2.59. The smallest absolute Gasteiger partial charge is 0.138 e. The van der Waals surface area contributed by atoms with Crippen LogP contribution in [-0.2, 0) is 15.9 Å². The Bertz CT molecular complexity index is 1050. The van der Waals surface area contributed by atoms with Gasteiger partial charge in [0.2, 0.25) is 0 Å². The minimum Gasteiger partial charge on any atom is -0.767 e. The Morgan fingerprint density at radius 1 is 1.26 bits per heavy atom. The van der Waals surface area contributed by atoms with Crippen molar-refractivity contribution in [2.75, 3.05) is 38.0 Å². The van der Waals surface area contributed by atoms with Crippen molar-refractivity contribution < 1.29 is 13.6 Å². The van der Waals surface area contributed by atoms with Crippen LogP contribution >= 0.6 is 11.3 Å². The quantitative estimate of drug-likeness (QED) is 0.413. The first kappa shape index (κ1) is 21.6. The molecular formula is C22H23N4O3S2-. The van der Waals surface area contributed by atoms with E-state index in [4.69, 9.17) is 0 Å². The molecule has 2 atom stereocenters. The maximum atomic E-state index is 12.0. The summed E-state index contributed by atoms with van der Waals surface area (Å²) in [6.45, 7) is 2.89. The van der Waals surface area contributed by atoms with Gasteiger partial charge in [0.15, 0.2) is 0 Å². The van der Waals surface area contributed by atoms with E-state index in [1.54, 1.807) is 34.7 Å². The highest BCUT2D eigenvalue weighted by Crippen LogP contribution is 2.28. The second-order valence-corrected chi connectivity index (χ2v) is 9.26. The Morgan fingerprint density at radius 3 is 2.81 bits per heavy atom. The molecule has 1 N–H and O–H groups in total. The van der Waals surface area contributed by atoms with Crippen molar-refractivity contribution in [1.82, 2.24) is 14.8 Å². The molecule has 1 saturated heterocycles. The number of carbonyl (C=O) groups is 1. The van der Waals surface area contributed by atoms with Crippen molar-refractivity contribution in [3.63, 3.8) is 0 Å². The minimum absolute atomic E-state index is 0.230. The van der Waals surface area contributed by atoms with Gasteiger partial charge in [-0.05, 0) is 46.8 Å². The van der Waals surface area contributed by atoms with E-state index < -0.39 is 11.1 Å². The van der Waals surface area contributed by atoms with Crippen LogP contribution in [0.25, 0.3) is 16.2 Å². The van der Waals surface area contributed by atoms with Gasteiger partial charge in [0.1, 0.15) is 6.29 Å². The fourth-order valence-corrected chi connectivity index (χ4v) is 5.38. The Kier molecular flexibility index (Phi) is 7.08. The number of carbonyl (C=O) groups excluding carboxylic acids is 1. The fourth-order valence-electron chi connectivity index (χ4n) is 3.71. The van der Waals surface area contributed by atoms with Gasteiger partial charge in [-0.25, -0.2) is 0 Å². The number of nitrogens with one attached hydrogen (secondary N) is 1. The molecule has 2 aromatic heterocycles. The van der Waals surface area contributed by atoms with E-state index in [-0.39, 0.29) is 11.1 Å². The van der Waals surface area contributed by atoms with Crippen molar-refractivity contribution in [3.8, 4) is 0 Å². The molecular weight excluding hydrogens is 432 g/mol. The average molecular weight is 456 g/mol. The molecule has 0 radical (unpaired) electrons. The molecule has 4 rings (SSSR count). The van der Waals surface area contributed by atoms with Crippen molar-refractivity contribution >= 4 is 50.6 Å². The summed E-state index contributed by atoms with van der Waals surface area (Å²) in [6, 6.07) is 13.4. The lowest BCUT2D eigenvalue weighted by molar-refractivity contribution is -0.114. The molecule has 2 unspecified atom stereocenters. The second-order valence-electron chi connectivity index (χ2n) is 7.25. The number of benzene rings is 1. The first-order valence-corrected chi connectivity index (χ1v) is 11.9. The summed E-state index contributed by atoms with van der Waals surface area (Å²) in [7, 11) is 0. The number of fused-ring (bicyclic) bond motifs is 1. The monoisotopic (exact) mass is 455 g/mol. The van der Waals surface area contributed by atoms with Gasteiger partial charge >= 0.3 is 0 Å². The summed E-state index contributed by atoms with van der Waals surface area (Å²) in [5.41, 5.74) is 0.978. The number of nitrogens with zero attached hydrogens (tertiary/aromatic N) is 3. The van der Waals surface area contributed by atoms with Crippen molar-refractivity contribution in [3.05, 3.63) is 64.8 Å². The van der Waals surface area contributed by atoms with Crippen LogP contribution in [0.3, 0.4) is 0 Å². The van der Waals surface area contributed by atoms with Gasteiger partial charge in [0, 0.05) is 60.4 Å². The van der Waals surface area contributed by atoms with Gasteiger partial charge in [-0.3, -0.25) is 14.1 Å². The third-order valence-electron chi connectivity index (χ3n) is 5.29. The van der Waals surface area contributed by atoms with Crippen LogP contribution in [0.1, 0.15) is 4.88 Å². The average Bonchev–Trinajstić information content (AvgIpc) is 3.21. The Morgan fingerprint density at radius 2 is 2.06 bits per heavy atom. The molecule has 3 heterocycles. The SMILES string of the molecule is O=CC1CN(C(=Cc2cc3ccccc3s2)S(=O)[O-])CCN1CCNc1ccncc1. The summed E-state index contributed by atoms with van der Waals surface area (Å²) in [6.07, 6.45) is 6.06. The highest BCUT2D eigenvalue weighted by Gasteiger charge is 2.28. The number of rotatable bonds is 8. The maximum Gasteiger partial charge on any atom is 0.138 e. The minimum atomic E-state index is -2.39. The second kappa shape index (κ2) is 10.1. The largest absolute Gasteiger partial charge is 0.767 e. The molecule has 0 saturated carbocycles. The summed E-state index contributed by atoms with van der Waals surface area (Å²) >= 11 is -0.836. The third kappa shape index (κ3) is 5.37. The highest BCUT2D eigenvalue weighted by molar-refractivity contribution is 7.83. The Balaban J connectivity index is 1.42. The van der Waals surface area contributed by atoms with Gasteiger partial charge in [0.05, 0.1) is 11.1 Å². The fraction of sp³-hybridized carbons (Fsp3) is 0.273. The van der Waals surface area contributed by atoms with Gasteiger partial charge < -0.3 is 19.6 Å². The number of pyridine rings is 1. The number of aldehydes is 1. The van der Waals surface area contributed by atoms with Crippen molar-refractivity contribution in [2.45, 2.75) is 6.04 Å². The highest BCUT2D eigenvalue weighted by atomic mass is 32.2. The summed E-state index contributed by atoms with van der Waals surface area (Å²) in [5.74, 6) is 0. The molecule has 162 valence electrons. The third-order valence-corrected chi connectivity index (χ3v) is 7.07. The van der Waals surface area contributed by atoms with Crippen LogP contribution in [0.4, 0.5) is 5.69 Å². The van der Waals surface area contributed by atoms with E-state index in [1.807, 2.05) is 42.5 Å². The predicted octanol–water partition coefficient (Wildman–Crippen LogP) is 2.77. The normalized spacial score (nSPS) is 18.8. The molecule has 9 heteroatoms. The maximum absolute atomic E-state index is 12.0. The number of hydrogen-bond acceptors (Lipinski definition) is 8. The van der Waals surface area contributed by atoms with Gasteiger partial charge in [-0.1, -0.05) is 18.2 Å². The first-order chi connectivity index (χ1) is 15.1. The molecule has 31 heavy (non-hydrogen) atoms. The van der Waals surface area contributed by atoms with Crippen molar-refractivity contribution in [2.24, 2.45) is 0 Å². The van der Waals surface area contributed by atoms with E-state index in [9.17, 15) is 13.6 Å². The van der Waals surface area contributed by atoms with Gasteiger partial charge in [-0.2, -0.15) is 0 Å². The molecule has 1 aliphatic rings. The lowest BCUT2D eigenvalue weighted by Gasteiger charge is -2.41. The molecule has 0 spiro atoms. The van der Waals surface area contributed by atoms with E-state index in [2.05, 4.69) is 15.2 Å². The summed E-state index contributed by atoms with van der Waals surface area (Å²) < 4.78 is 25.1. The number of thiophene rings is 1. The summed E-state index contributed by atoms with van der Waals surface area (Å²) in [5, 5.41) is 4.63. The standard InChI is InChI=1S/C22H24N4O3S2/c27-16-19-15-26(12-11-25(19)10-9-24-18-5-7-23-8-6-18)22(31(28)29)14-20-13-17-3-1-2-4-21(17)30-20/h1-8,13-14,16,19H,9-12,15H2,(H,23,24)(H,28,29)/p-1. The zero-order valence-electron chi connectivity index (χ0n) is 16.8. The molecule has 0 aliphatic carbocycles. The molecule has 0 amide bonds. The molecule has 0 bridgehead atoms. The molecule has 3 aromatic rings. The van der Waals surface area contributed by atoms with Gasteiger partial charge in [0.25, 0.3) is 0 Å². The molecule has 1 fully saturated rings. The number of aromatic nitrogens is 1. The van der Waals surface area contributed by atoms with Crippen LogP contribution in [0, 0.1) is 0 Å². The van der Waals surface area contributed by atoms with E-state index >= 15 is 0 Å². The first-order valence-electron chi connectivity index (χ1n) is 10.0. The van der Waals surface area contributed by atoms with Crippen LogP contribution in [0.15, 0.2) is 59.9 Å². The molecule has 7 nitrogen and oxygen atoms in total. The van der Waals surface area contributed by atoms with Gasteiger partial charge in [-0.15, -0.1) is 11.3 Å². The zero-order chi connectivity index (χ0) is 21.6. The van der Waals surface area contributed by atoms with Crippen LogP contribution in [0.2, 0.25) is 0 Å². The number of piperazine rings is 1. The number of anilines is 1. The van der Waals surface area contributed by atoms with Crippen LogP contribution < -0.4 is 5.32 Å². The van der Waals surface area contributed by atoms with E-state index in [0.29, 0.717) is 32.7 Å². The zero-order valence-corrected chi connectivity index (χ0v) is 18.5. The van der Waals surface area contributed by atoms with E-state index in [1.165, 1.54) is 0 Å². The Labute approximate surface area is 187 Å². The molecule has 1 aliphatic heterocycles. The molecule has 1 aromatic carbocycles. The topological polar surface area (TPSA) is 88.6 Å². The van der Waals surface area contributed by atoms with Crippen LogP contribution in [-0.4, -0.2) is 68.6 Å².